The van der Waals surface area contributed by atoms with Crippen LogP contribution in [0.25, 0.3) is 0 Å². The predicted octanol–water partition coefficient (Wildman–Crippen LogP) is 2.33. The predicted molar refractivity (Wildman–Crippen MR) is 106 cm³/mol. The normalized spacial score (nSPS) is 10.0. The van der Waals surface area contributed by atoms with Crippen LogP contribution in [0.1, 0.15) is 17.3 Å². The fraction of sp³-hybridized carbons (Fsp3) is 0.211. The van der Waals surface area contributed by atoms with E-state index in [-0.39, 0.29) is 30.9 Å². The minimum absolute atomic E-state index is 0.103. The molecule has 0 aromatic heterocycles. The number of amides is 3. The molecule has 2 aromatic carbocycles. The van der Waals surface area contributed by atoms with Gasteiger partial charge in [0.1, 0.15) is 5.75 Å². The zero-order chi connectivity index (χ0) is 19.6. The van der Waals surface area contributed by atoms with Crippen molar-refractivity contribution in [2.45, 2.75) is 6.92 Å². The largest absolute Gasteiger partial charge is 0.484 e. The van der Waals surface area contributed by atoms with E-state index in [1.54, 1.807) is 42.5 Å². The average Bonchev–Trinajstić information content (AvgIpc) is 2.65. The lowest BCUT2D eigenvalue weighted by molar-refractivity contribution is -0.123. The van der Waals surface area contributed by atoms with Crippen LogP contribution < -0.4 is 20.7 Å². The number of anilines is 1. The summed E-state index contributed by atoms with van der Waals surface area (Å²) in [6, 6.07) is 13.6. The molecule has 8 heteroatoms. The van der Waals surface area contributed by atoms with Crippen LogP contribution >= 0.6 is 15.9 Å². The molecule has 7 nitrogen and oxygen atoms in total. The van der Waals surface area contributed by atoms with Gasteiger partial charge < -0.3 is 20.7 Å². The maximum atomic E-state index is 12.0. The van der Waals surface area contributed by atoms with Gasteiger partial charge in [0.25, 0.3) is 11.8 Å². The van der Waals surface area contributed by atoms with Crippen molar-refractivity contribution in [2.75, 3.05) is 25.0 Å². The van der Waals surface area contributed by atoms with Crippen LogP contribution in [0.3, 0.4) is 0 Å². The first kappa shape index (κ1) is 20.4. The van der Waals surface area contributed by atoms with E-state index in [9.17, 15) is 14.4 Å². The molecular formula is C19H20BrN3O4. The van der Waals surface area contributed by atoms with Crippen LogP contribution in [0.5, 0.6) is 5.75 Å². The van der Waals surface area contributed by atoms with Gasteiger partial charge in [-0.15, -0.1) is 0 Å². The summed E-state index contributed by atoms with van der Waals surface area (Å²) in [7, 11) is 0. The van der Waals surface area contributed by atoms with Crippen LogP contribution in [-0.2, 0) is 9.59 Å². The molecular weight excluding hydrogens is 414 g/mol. The Labute approximate surface area is 165 Å². The van der Waals surface area contributed by atoms with Gasteiger partial charge in [0, 0.05) is 28.3 Å². The lowest BCUT2D eigenvalue weighted by Gasteiger charge is -2.10. The van der Waals surface area contributed by atoms with Gasteiger partial charge in [-0.2, -0.15) is 0 Å². The highest BCUT2D eigenvalue weighted by Gasteiger charge is 2.09. The molecule has 2 rings (SSSR count). The Hall–Kier alpha value is -2.87. The molecule has 0 heterocycles. The lowest BCUT2D eigenvalue weighted by Crippen LogP contribution is -2.32. The number of ether oxygens (including phenoxy) is 1. The van der Waals surface area contributed by atoms with E-state index in [2.05, 4.69) is 31.9 Å². The van der Waals surface area contributed by atoms with E-state index in [1.807, 2.05) is 13.0 Å². The quantitative estimate of drug-likeness (QED) is 0.594. The van der Waals surface area contributed by atoms with E-state index in [0.717, 1.165) is 4.47 Å². The van der Waals surface area contributed by atoms with Crippen LogP contribution in [0.4, 0.5) is 5.69 Å². The minimum Gasteiger partial charge on any atom is -0.484 e. The van der Waals surface area contributed by atoms with Gasteiger partial charge in [-0.1, -0.05) is 28.1 Å². The molecule has 0 unspecified atom stereocenters. The molecule has 3 amide bonds. The third-order valence-corrected chi connectivity index (χ3v) is 3.85. The van der Waals surface area contributed by atoms with E-state index in [0.29, 0.717) is 23.5 Å². The summed E-state index contributed by atoms with van der Waals surface area (Å²) in [6.45, 7) is 2.08. The average molecular weight is 434 g/mol. The zero-order valence-electron chi connectivity index (χ0n) is 14.8. The lowest BCUT2D eigenvalue weighted by atomic mass is 10.2. The van der Waals surface area contributed by atoms with Crippen LogP contribution in [0.2, 0.25) is 0 Å². The summed E-state index contributed by atoms with van der Waals surface area (Å²) in [6.07, 6.45) is 0. The standard InChI is InChI=1S/C19H20BrN3O4/c1-2-21-18(25)12-27-16-8-4-7-15(10-16)23-17(24)11-22-19(26)13-5-3-6-14(20)9-13/h3-10H,2,11-12H2,1H3,(H,21,25)(H,22,26)(H,23,24). The van der Waals surface area contributed by atoms with Gasteiger partial charge in [-0.05, 0) is 37.3 Å². The Kier molecular flexibility index (Phi) is 7.81. The summed E-state index contributed by atoms with van der Waals surface area (Å²) in [5.41, 5.74) is 0.961. The Morgan fingerprint density at radius 3 is 2.52 bits per heavy atom. The summed E-state index contributed by atoms with van der Waals surface area (Å²) < 4.78 is 6.15. The number of hydrogen-bond acceptors (Lipinski definition) is 4. The Morgan fingerprint density at radius 1 is 1.00 bits per heavy atom. The highest BCUT2D eigenvalue weighted by Crippen LogP contribution is 2.17. The van der Waals surface area contributed by atoms with Crippen LogP contribution in [-0.4, -0.2) is 37.4 Å². The molecule has 0 atom stereocenters. The smallest absolute Gasteiger partial charge is 0.257 e. The maximum absolute atomic E-state index is 12.0. The second-order valence-electron chi connectivity index (χ2n) is 5.51. The summed E-state index contributed by atoms with van der Waals surface area (Å²) >= 11 is 3.30. The molecule has 0 fully saturated rings. The fourth-order valence-corrected chi connectivity index (χ4v) is 2.56. The maximum Gasteiger partial charge on any atom is 0.257 e. The molecule has 142 valence electrons. The highest BCUT2D eigenvalue weighted by molar-refractivity contribution is 9.10. The number of benzene rings is 2. The SMILES string of the molecule is CCNC(=O)COc1cccc(NC(=O)CNC(=O)c2cccc(Br)c2)c1. The van der Waals surface area contributed by atoms with Crippen molar-refractivity contribution in [3.8, 4) is 5.75 Å². The number of carbonyl (C=O) groups is 3. The van der Waals surface area contributed by atoms with Gasteiger partial charge in [-0.25, -0.2) is 0 Å². The molecule has 27 heavy (non-hydrogen) atoms. The van der Waals surface area contributed by atoms with Gasteiger partial charge >= 0.3 is 0 Å². The molecule has 0 aliphatic carbocycles. The monoisotopic (exact) mass is 433 g/mol. The van der Waals surface area contributed by atoms with Crippen LogP contribution in [0, 0.1) is 0 Å². The van der Waals surface area contributed by atoms with Gasteiger partial charge in [0.05, 0.1) is 6.54 Å². The molecule has 2 aromatic rings. The first-order valence-electron chi connectivity index (χ1n) is 8.31. The Morgan fingerprint density at radius 2 is 1.78 bits per heavy atom. The van der Waals surface area contributed by atoms with Crippen molar-refractivity contribution in [3.05, 3.63) is 58.6 Å². The van der Waals surface area contributed by atoms with E-state index < -0.39 is 0 Å². The van der Waals surface area contributed by atoms with E-state index in [1.165, 1.54) is 0 Å². The van der Waals surface area contributed by atoms with Crippen LogP contribution in [0.15, 0.2) is 53.0 Å². The minimum atomic E-state index is -0.376. The van der Waals surface area contributed by atoms with Crippen molar-refractivity contribution in [3.63, 3.8) is 0 Å². The second-order valence-corrected chi connectivity index (χ2v) is 6.43. The first-order chi connectivity index (χ1) is 13.0. The highest BCUT2D eigenvalue weighted by atomic mass is 79.9. The third kappa shape index (κ3) is 7.10. The number of rotatable bonds is 8. The summed E-state index contributed by atoms with van der Waals surface area (Å²) in [5, 5.41) is 7.86. The van der Waals surface area contributed by atoms with E-state index >= 15 is 0 Å². The van der Waals surface area contributed by atoms with Crippen molar-refractivity contribution in [1.29, 1.82) is 0 Å². The summed E-state index contributed by atoms with van der Waals surface area (Å²) in [5.74, 6) is -0.482. The summed E-state index contributed by atoms with van der Waals surface area (Å²) in [4.78, 5) is 35.5. The van der Waals surface area contributed by atoms with Gasteiger partial charge in [0.15, 0.2) is 6.61 Å². The molecule has 3 N–H and O–H groups in total. The molecule has 0 aliphatic rings. The van der Waals surface area contributed by atoms with Crippen molar-refractivity contribution in [1.82, 2.24) is 10.6 Å². The number of halogens is 1. The number of nitrogens with one attached hydrogen (secondary N) is 3. The van der Waals surface area contributed by atoms with Crippen molar-refractivity contribution < 1.29 is 19.1 Å². The number of likely N-dealkylation sites (N-methyl/N-ethyl adjacent to an activating group) is 1. The first-order valence-corrected chi connectivity index (χ1v) is 9.10. The molecule has 0 aliphatic heterocycles. The molecule has 0 spiro atoms. The van der Waals surface area contributed by atoms with Gasteiger partial charge in [0.2, 0.25) is 5.91 Å². The number of carbonyl (C=O) groups excluding carboxylic acids is 3. The van der Waals surface area contributed by atoms with Crippen molar-refractivity contribution in [2.24, 2.45) is 0 Å². The third-order valence-electron chi connectivity index (χ3n) is 3.36. The molecule has 0 saturated heterocycles. The van der Waals surface area contributed by atoms with Gasteiger partial charge in [-0.3, -0.25) is 14.4 Å². The topological polar surface area (TPSA) is 96.5 Å². The number of hydrogen-bond donors (Lipinski definition) is 3. The van der Waals surface area contributed by atoms with Crippen molar-refractivity contribution >= 4 is 39.3 Å². The zero-order valence-corrected chi connectivity index (χ0v) is 16.3. The fourth-order valence-electron chi connectivity index (χ4n) is 2.16. The molecule has 0 bridgehead atoms. The Balaban J connectivity index is 1.84. The Bertz CT molecular complexity index is 826. The molecule has 0 saturated carbocycles. The molecule has 0 radical (unpaired) electrons. The second kappa shape index (κ2) is 10.3. The van der Waals surface area contributed by atoms with E-state index in [4.69, 9.17) is 4.74 Å².